The van der Waals surface area contributed by atoms with Crippen molar-refractivity contribution in [1.29, 1.82) is 0 Å². The minimum atomic E-state index is -0.710. The summed E-state index contributed by atoms with van der Waals surface area (Å²) in [7, 11) is 0. The van der Waals surface area contributed by atoms with Crippen LogP contribution in [0.1, 0.15) is 12.8 Å². The number of carboxylic acid groups (broad SMARTS) is 1. The van der Waals surface area contributed by atoms with Crippen molar-refractivity contribution in [3.05, 3.63) is 0 Å². The first-order valence-electron chi connectivity index (χ1n) is 2.83. The zero-order valence-electron chi connectivity index (χ0n) is 4.80. The van der Waals surface area contributed by atoms with Gasteiger partial charge >= 0.3 is 5.97 Å². The molecule has 0 atom stereocenters. The van der Waals surface area contributed by atoms with Gasteiger partial charge in [0.15, 0.2) is 0 Å². The molecule has 3 nitrogen and oxygen atoms in total. The van der Waals surface area contributed by atoms with E-state index in [1.165, 1.54) is 0 Å². The van der Waals surface area contributed by atoms with E-state index in [1.54, 1.807) is 0 Å². The number of hydrogen-bond acceptors (Lipinski definition) is 2. The van der Waals surface area contributed by atoms with Gasteiger partial charge in [0, 0.05) is 6.04 Å². The second-order valence-electron chi connectivity index (χ2n) is 2.31. The molecule has 4 heteroatoms. The van der Waals surface area contributed by atoms with Gasteiger partial charge in [0.25, 0.3) is 0 Å². The highest BCUT2D eigenvalue weighted by atomic mass is 35.5. The normalized spacial score (nSPS) is 33.4. The lowest BCUT2D eigenvalue weighted by Crippen LogP contribution is -2.40. The van der Waals surface area contributed by atoms with Gasteiger partial charge in [-0.05, 0) is 24.6 Å². The number of carbonyl (C=O) groups is 1. The molecule has 0 aliphatic heterocycles. The Labute approximate surface area is 58.1 Å². The summed E-state index contributed by atoms with van der Waals surface area (Å²) in [5.74, 6) is -0.876. The molecule has 0 aromatic rings. The predicted octanol–water partition coefficient (Wildman–Crippen LogP) is 0.593. The molecule has 0 aromatic carbocycles. The highest BCUT2D eigenvalue weighted by molar-refractivity contribution is 6.13. The molecule has 0 amide bonds. The Morgan fingerprint density at radius 1 is 1.67 bits per heavy atom. The number of halogens is 1. The smallest absolute Gasteiger partial charge is 0.306 e. The van der Waals surface area contributed by atoms with Gasteiger partial charge in [-0.2, -0.15) is 0 Å². The summed E-state index contributed by atoms with van der Waals surface area (Å²) in [4.78, 5) is 12.7. The van der Waals surface area contributed by atoms with Crippen molar-refractivity contribution in [1.82, 2.24) is 4.84 Å². The number of nitrogens with one attached hydrogen (secondary N) is 1. The van der Waals surface area contributed by atoms with Gasteiger partial charge in [-0.25, -0.2) is 4.84 Å². The average molecular weight is 150 g/mol. The molecule has 1 saturated carbocycles. The zero-order chi connectivity index (χ0) is 6.85. The summed E-state index contributed by atoms with van der Waals surface area (Å²) in [5.41, 5.74) is 0. The highest BCUT2D eigenvalue weighted by Crippen LogP contribution is 2.27. The molecule has 1 aliphatic carbocycles. The molecule has 0 unspecified atom stereocenters. The largest absolute Gasteiger partial charge is 0.481 e. The van der Waals surface area contributed by atoms with Gasteiger partial charge in [0.2, 0.25) is 0 Å². The highest BCUT2D eigenvalue weighted by Gasteiger charge is 2.33. The molecule has 52 valence electrons. The van der Waals surface area contributed by atoms with E-state index in [0.29, 0.717) is 12.8 Å². The zero-order valence-corrected chi connectivity index (χ0v) is 5.56. The third kappa shape index (κ3) is 1.34. The molecule has 1 fully saturated rings. The number of rotatable bonds is 2. The van der Waals surface area contributed by atoms with E-state index in [4.69, 9.17) is 16.9 Å². The molecule has 9 heavy (non-hydrogen) atoms. The van der Waals surface area contributed by atoms with Crippen molar-refractivity contribution in [2.24, 2.45) is 5.92 Å². The van der Waals surface area contributed by atoms with Crippen LogP contribution in [0.4, 0.5) is 0 Å². The summed E-state index contributed by atoms with van der Waals surface area (Å²) in [5, 5.41) is 8.38. The van der Waals surface area contributed by atoms with Gasteiger partial charge in [-0.3, -0.25) is 4.79 Å². The average Bonchev–Trinajstić information content (AvgIpc) is 1.61. The van der Waals surface area contributed by atoms with Crippen molar-refractivity contribution < 1.29 is 9.90 Å². The Hall–Kier alpha value is -0.280. The second-order valence-corrected chi connectivity index (χ2v) is 2.53. The summed E-state index contributed by atoms with van der Waals surface area (Å²) in [6.07, 6.45) is 1.33. The van der Waals surface area contributed by atoms with Crippen LogP contribution in [-0.2, 0) is 4.79 Å². The quantitative estimate of drug-likeness (QED) is 0.565. The van der Waals surface area contributed by atoms with Crippen LogP contribution >= 0.6 is 11.8 Å². The van der Waals surface area contributed by atoms with E-state index in [-0.39, 0.29) is 12.0 Å². The third-order valence-corrected chi connectivity index (χ3v) is 1.95. The molecule has 0 radical (unpaired) electrons. The maximum atomic E-state index is 10.2. The molecule has 0 bridgehead atoms. The number of carboxylic acids is 1. The molecule has 0 aromatic heterocycles. The van der Waals surface area contributed by atoms with Crippen molar-refractivity contribution in [3.63, 3.8) is 0 Å². The Bertz CT molecular complexity index is 122. The topological polar surface area (TPSA) is 49.3 Å². The van der Waals surface area contributed by atoms with E-state index in [2.05, 4.69) is 4.84 Å². The standard InChI is InChI=1S/C5H8ClNO2/c6-7-4-1-3(2-4)5(8)9/h3-4,7H,1-2H2,(H,8,9). The lowest BCUT2D eigenvalue weighted by Gasteiger charge is -2.30. The van der Waals surface area contributed by atoms with E-state index in [1.807, 2.05) is 0 Å². The van der Waals surface area contributed by atoms with Crippen LogP contribution in [0.2, 0.25) is 0 Å². The molecular formula is C5H8ClNO2. The molecule has 1 rings (SSSR count). The fourth-order valence-electron chi connectivity index (χ4n) is 0.909. The lowest BCUT2D eigenvalue weighted by molar-refractivity contribution is -0.145. The van der Waals surface area contributed by atoms with Gasteiger partial charge in [0.1, 0.15) is 0 Å². The fraction of sp³-hybridized carbons (Fsp3) is 0.800. The Kier molecular flexibility index (Phi) is 1.93. The van der Waals surface area contributed by atoms with Gasteiger partial charge in [-0.1, -0.05) is 0 Å². The van der Waals surface area contributed by atoms with E-state index >= 15 is 0 Å². The SMILES string of the molecule is O=C(O)C1CC(NCl)C1. The Morgan fingerprint density at radius 2 is 2.22 bits per heavy atom. The van der Waals surface area contributed by atoms with Crippen molar-refractivity contribution in [3.8, 4) is 0 Å². The Balaban J connectivity index is 2.19. The molecule has 0 spiro atoms. The number of aliphatic carboxylic acids is 1. The molecule has 0 heterocycles. The van der Waals surface area contributed by atoms with Crippen LogP contribution in [0.5, 0.6) is 0 Å². The maximum Gasteiger partial charge on any atom is 0.306 e. The fourth-order valence-corrected chi connectivity index (χ4v) is 1.09. The maximum absolute atomic E-state index is 10.2. The first-order valence-corrected chi connectivity index (χ1v) is 3.21. The summed E-state index contributed by atoms with van der Waals surface area (Å²) in [6, 6.07) is 0.216. The van der Waals surface area contributed by atoms with Crippen LogP contribution in [0, 0.1) is 5.92 Å². The predicted molar refractivity (Wildman–Crippen MR) is 33.1 cm³/mol. The lowest BCUT2D eigenvalue weighted by atomic mass is 9.81. The molecular weight excluding hydrogens is 142 g/mol. The summed E-state index contributed by atoms with van der Waals surface area (Å²) < 4.78 is 0. The van der Waals surface area contributed by atoms with E-state index in [9.17, 15) is 4.79 Å². The van der Waals surface area contributed by atoms with Crippen LogP contribution in [0.25, 0.3) is 0 Å². The monoisotopic (exact) mass is 149 g/mol. The molecule has 0 saturated heterocycles. The van der Waals surface area contributed by atoms with Gasteiger partial charge in [0.05, 0.1) is 5.92 Å². The Morgan fingerprint density at radius 3 is 2.56 bits per heavy atom. The van der Waals surface area contributed by atoms with Crippen molar-refractivity contribution >= 4 is 17.7 Å². The number of hydrogen-bond donors (Lipinski definition) is 2. The second kappa shape index (κ2) is 2.54. The van der Waals surface area contributed by atoms with Crippen LogP contribution in [0.3, 0.4) is 0 Å². The van der Waals surface area contributed by atoms with Crippen LogP contribution in [-0.4, -0.2) is 17.1 Å². The van der Waals surface area contributed by atoms with E-state index < -0.39 is 5.97 Å². The van der Waals surface area contributed by atoms with Crippen LogP contribution < -0.4 is 4.84 Å². The van der Waals surface area contributed by atoms with Crippen molar-refractivity contribution in [2.45, 2.75) is 18.9 Å². The summed E-state index contributed by atoms with van der Waals surface area (Å²) in [6.45, 7) is 0. The van der Waals surface area contributed by atoms with E-state index in [0.717, 1.165) is 0 Å². The minimum Gasteiger partial charge on any atom is -0.481 e. The molecule has 2 N–H and O–H groups in total. The van der Waals surface area contributed by atoms with Crippen molar-refractivity contribution in [2.75, 3.05) is 0 Å². The van der Waals surface area contributed by atoms with Crippen LogP contribution in [0.15, 0.2) is 0 Å². The summed E-state index contributed by atoms with van der Waals surface area (Å²) >= 11 is 5.23. The van der Waals surface area contributed by atoms with Gasteiger partial charge in [-0.15, -0.1) is 0 Å². The van der Waals surface area contributed by atoms with Gasteiger partial charge < -0.3 is 5.11 Å². The first kappa shape index (κ1) is 6.83. The third-order valence-electron chi connectivity index (χ3n) is 1.64. The minimum absolute atomic E-state index is 0.166. The first-order chi connectivity index (χ1) is 4.24. The molecule has 1 aliphatic rings.